The molecule has 0 saturated carbocycles. The molecule has 10 heteroatoms. The first-order valence-electron chi connectivity index (χ1n) is 8.68. The van der Waals surface area contributed by atoms with Crippen LogP contribution < -0.4 is 4.72 Å². The van der Waals surface area contributed by atoms with Crippen molar-refractivity contribution in [3.63, 3.8) is 0 Å². The van der Waals surface area contributed by atoms with Crippen LogP contribution in [0.2, 0.25) is 5.02 Å². The Labute approximate surface area is 169 Å². The number of hydrogen-bond donors (Lipinski definition) is 1. The van der Waals surface area contributed by atoms with Gasteiger partial charge >= 0.3 is 0 Å². The fourth-order valence-electron chi connectivity index (χ4n) is 3.11. The molecule has 2 aromatic rings. The van der Waals surface area contributed by atoms with Gasteiger partial charge in [-0.3, -0.25) is 4.72 Å². The molecule has 0 aliphatic carbocycles. The summed E-state index contributed by atoms with van der Waals surface area (Å²) in [6.45, 7) is 2.94. The normalized spacial score (nSPS) is 18.8. The van der Waals surface area contributed by atoms with Crippen LogP contribution in [0, 0.1) is 11.7 Å². The summed E-state index contributed by atoms with van der Waals surface area (Å²) in [7, 11) is -7.82. The van der Waals surface area contributed by atoms with Crippen LogP contribution in [0.1, 0.15) is 19.8 Å². The summed E-state index contributed by atoms with van der Waals surface area (Å²) in [4.78, 5) is -0.460. The maximum atomic E-state index is 13.9. The van der Waals surface area contributed by atoms with E-state index in [0.717, 1.165) is 25.0 Å². The molecule has 0 amide bonds. The fraction of sp³-hybridized carbons (Fsp3) is 0.333. The molecule has 2 aromatic carbocycles. The predicted molar refractivity (Wildman–Crippen MR) is 106 cm³/mol. The second-order valence-electron chi connectivity index (χ2n) is 6.82. The molecule has 0 unspecified atom stereocenters. The zero-order valence-corrected chi connectivity index (χ0v) is 17.5. The average Bonchev–Trinajstić information content (AvgIpc) is 2.61. The van der Waals surface area contributed by atoms with E-state index in [4.69, 9.17) is 11.6 Å². The van der Waals surface area contributed by atoms with Crippen molar-refractivity contribution in [2.45, 2.75) is 29.6 Å². The highest BCUT2D eigenvalue weighted by molar-refractivity contribution is 7.92. The zero-order valence-electron chi connectivity index (χ0n) is 15.1. The molecule has 0 spiro atoms. The molecule has 0 radical (unpaired) electrons. The third-order valence-corrected chi connectivity index (χ3v) is 8.08. The molecular formula is C18H20ClFN2O4S2. The number of halogens is 2. The van der Waals surface area contributed by atoms with Crippen molar-refractivity contribution >= 4 is 37.3 Å². The Morgan fingerprint density at radius 3 is 2.39 bits per heavy atom. The number of rotatable bonds is 5. The van der Waals surface area contributed by atoms with Gasteiger partial charge in [0.25, 0.3) is 10.0 Å². The number of hydrogen-bond acceptors (Lipinski definition) is 4. The summed E-state index contributed by atoms with van der Waals surface area (Å²) in [5.74, 6) is -0.678. The Morgan fingerprint density at radius 1 is 1.11 bits per heavy atom. The Kier molecular flexibility index (Phi) is 6.00. The van der Waals surface area contributed by atoms with Crippen molar-refractivity contribution in [2.24, 2.45) is 5.92 Å². The first kappa shape index (κ1) is 21.0. The van der Waals surface area contributed by atoms with Gasteiger partial charge in [-0.05, 0) is 61.2 Å². The van der Waals surface area contributed by atoms with E-state index >= 15 is 0 Å². The van der Waals surface area contributed by atoms with Crippen LogP contribution in [0.15, 0.2) is 52.3 Å². The average molecular weight is 447 g/mol. The number of nitrogens with one attached hydrogen (secondary N) is 1. The van der Waals surface area contributed by atoms with Gasteiger partial charge in [-0.15, -0.1) is 0 Å². The van der Waals surface area contributed by atoms with E-state index in [1.807, 2.05) is 6.92 Å². The maximum absolute atomic E-state index is 13.9. The number of anilines is 1. The summed E-state index contributed by atoms with van der Waals surface area (Å²) in [6.07, 6.45) is 1.80. The number of benzene rings is 2. The van der Waals surface area contributed by atoms with Crippen LogP contribution in [0.3, 0.4) is 0 Å². The van der Waals surface area contributed by atoms with E-state index in [9.17, 15) is 21.2 Å². The molecule has 1 aliphatic rings. The molecule has 28 heavy (non-hydrogen) atoms. The highest BCUT2D eigenvalue weighted by atomic mass is 35.5. The highest BCUT2D eigenvalue weighted by Crippen LogP contribution is 2.26. The quantitative estimate of drug-likeness (QED) is 0.759. The van der Waals surface area contributed by atoms with Crippen molar-refractivity contribution in [2.75, 3.05) is 17.8 Å². The van der Waals surface area contributed by atoms with E-state index in [2.05, 4.69) is 4.72 Å². The Bertz CT molecular complexity index is 1070. The van der Waals surface area contributed by atoms with E-state index in [-0.39, 0.29) is 15.6 Å². The van der Waals surface area contributed by atoms with E-state index in [0.29, 0.717) is 19.0 Å². The lowest BCUT2D eigenvalue weighted by Crippen LogP contribution is -2.39. The largest absolute Gasteiger partial charge is 0.280 e. The van der Waals surface area contributed by atoms with Crippen molar-refractivity contribution in [3.8, 4) is 0 Å². The number of sulfonamides is 2. The molecule has 152 valence electrons. The highest BCUT2D eigenvalue weighted by Gasteiger charge is 2.28. The first-order chi connectivity index (χ1) is 13.1. The molecule has 1 fully saturated rings. The minimum atomic E-state index is -4.18. The zero-order chi connectivity index (χ0) is 20.5. The van der Waals surface area contributed by atoms with Gasteiger partial charge in [0.1, 0.15) is 10.7 Å². The number of piperidine rings is 1. The molecule has 1 atom stereocenters. The van der Waals surface area contributed by atoms with Gasteiger partial charge in [0, 0.05) is 23.8 Å². The lowest BCUT2D eigenvalue weighted by atomic mass is 10.0. The first-order valence-corrected chi connectivity index (χ1v) is 12.0. The summed E-state index contributed by atoms with van der Waals surface area (Å²) in [5, 5.41) is 0.0815. The minimum absolute atomic E-state index is 0.0815. The van der Waals surface area contributed by atoms with Crippen LogP contribution in [-0.4, -0.2) is 34.2 Å². The smallest absolute Gasteiger partial charge is 0.264 e. The molecule has 0 aromatic heterocycles. The molecule has 1 aliphatic heterocycles. The monoisotopic (exact) mass is 446 g/mol. The van der Waals surface area contributed by atoms with Crippen LogP contribution in [-0.2, 0) is 20.0 Å². The summed E-state index contributed by atoms with van der Waals surface area (Å²) in [6, 6.07) is 8.60. The van der Waals surface area contributed by atoms with Crippen molar-refractivity contribution in [1.82, 2.24) is 4.31 Å². The summed E-state index contributed by atoms with van der Waals surface area (Å²) >= 11 is 5.64. The number of nitrogens with zero attached hydrogens (tertiary/aromatic N) is 1. The van der Waals surface area contributed by atoms with E-state index < -0.39 is 30.8 Å². The lowest BCUT2D eigenvalue weighted by molar-refractivity contribution is 0.281. The van der Waals surface area contributed by atoms with Gasteiger partial charge in [0.2, 0.25) is 10.0 Å². The molecule has 0 bridgehead atoms. The fourth-order valence-corrected chi connectivity index (χ4v) is 5.99. The van der Waals surface area contributed by atoms with Gasteiger partial charge in [0.05, 0.1) is 4.90 Å². The Hall–Kier alpha value is -1.68. The van der Waals surface area contributed by atoms with Crippen LogP contribution in [0.5, 0.6) is 0 Å². The molecule has 1 N–H and O–H groups in total. The SMILES string of the molecule is C[C@@H]1CCCN(S(=O)(=O)c2ccc(NS(=O)(=O)c3ccc(Cl)cc3F)cc2)C1. The van der Waals surface area contributed by atoms with E-state index in [1.165, 1.54) is 34.6 Å². The minimum Gasteiger partial charge on any atom is -0.280 e. The van der Waals surface area contributed by atoms with E-state index in [1.54, 1.807) is 0 Å². The standard InChI is InChI=1S/C18H20ClFN2O4S2/c1-13-3-2-10-22(12-13)28(25,26)16-7-5-15(6-8-16)21-27(23,24)18-9-4-14(19)11-17(18)20/h4-9,11,13,21H,2-3,10,12H2,1H3/t13-/m1/s1. The summed E-state index contributed by atoms with van der Waals surface area (Å²) < 4.78 is 67.9. The molecule has 1 heterocycles. The second kappa shape index (κ2) is 7.98. The van der Waals surface area contributed by atoms with Crippen molar-refractivity contribution < 1.29 is 21.2 Å². The Morgan fingerprint density at radius 2 is 1.79 bits per heavy atom. The predicted octanol–water partition coefficient (Wildman–Crippen LogP) is 3.70. The maximum Gasteiger partial charge on any atom is 0.264 e. The van der Waals surface area contributed by atoms with Crippen molar-refractivity contribution in [3.05, 3.63) is 53.3 Å². The lowest BCUT2D eigenvalue weighted by Gasteiger charge is -2.30. The van der Waals surface area contributed by atoms with Crippen LogP contribution in [0.25, 0.3) is 0 Å². The van der Waals surface area contributed by atoms with Gasteiger partial charge in [-0.25, -0.2) is 21.2 Å². The molecule has 6 nitrogen and oxygen atoms in total. The third-order valence-electron chi connectivity index (χ3n) is 4.55. The van der Waals surface area contributed by atoms with Gasteiger partial charge in [-0.2, -0.15) is 4.31 Å². The van der Waals surface area contributed by atoms with Gasteiger partial charge < -0.3 is 0 Å². The van der Waals surface area contributed by atoms with Crippen LogP contribution >= 0.6 is 11.6 Å². The second-order valence-corrected chi connectivity index (χ2v) is 10.8. The molecule has 3 rings (SSSR count). The van der Waals surface area contributed by atoms with Gasteiger partial charge in [0.15, 0.2) is 0 Å². The van der Waals surface area contributed by atoms with Crippen LogP contribution in [0.4, 0.5) is 10.1 Å². The van der Waals surface area contributed by atoms with Crippen molar-refractivity contribution in [1.29, 1.82) is 0 Å². The Balaban J connectivity index is 1.81. The third kappa shape index (κ3) is 4.48. The molecule has 1 saturated heterocycles. The molecular weight excluding hydrogens is 427 g/mol. The topological polar surface area (TPSA) is 83.6 Å². The van der Waals surface area contributed by atoms with Gasteiger partial charge in [-0.1, -0.05) is 18.5 Å². The summed E-state index contributed by atoms with van der Waals surface area (Å²) in [5.41, 5.74) is 0.125.